The van der Waals surface area contributed by atoms with Crippen molar-refractivity contribution >= 4 is 11.6 Å². The Labute approximate surface area is 122 Å². The monoisotopic (exact) mass is 304 g/mol. The molecule has 1 aromatic rings. The highest BCUT2D eigenvalue weighted by Gasteiger charge is 2.30. The Morgan fingerprint density at radius 3 is 2.85 bits per heavy atom. The molecule has 112 valence electrons. The van der Waals surface area contributed by atoms with E-state index < -0.39 is 6.61 Å². The van der Waals surface area contributed by atoms with Crippen molar-refractivity contribution < 1.29 is 13.5 Å². The summed E-state index contributed by atoms with van der Waals surface area (Å²) in [4.78, 5) is 2.24. The minimum absolute atomic E-state index is 0.0390. The molecule has 3 nitrogen and oxygen atoms in total. The van der Waals surface area contributed by atoms with Gasteiger partial charge in [-0.05, 0) is 32.0 Å². The lowest BCUT2D eigenvalue weighted by Gasteiger charge is -2.43. The topological polar surface area (TPSA) is 24.5 Å². The Morgan fingerprint density at radius 1 is 1.45 bits per heavy atom. The van der Waals surface area contributed by atoms with Gasteiger partial charge in [0.2, 0.25) is 0 Å². The number of nitrogens with one attached hydrogen (secondary N) is 1. The van der Waals surface area contributed by atoms with Crippen molar-refractivity contribution in [3.05, 3.63) is 28.8 Å². The molecule has 1 aliphatic rings. The van der Waals surface area contributed by atoms with Gasteiger partial charge in [0.15, 0.2) is 0 Å². The van der Waals surface area contributed by atoms with E-state index in [0.717, 1.165) is 19.6 Å². The van der Waals surface area contributed by atoms with E-state index in [1.807, 2.05) is 0 Å². The van der Waals surface area contributed by atoms with Gasteiger partial charge in [0.25, 0.3) is 0 Å². The second-order valence-corrected chi connectivity index (χ2v) is 5.98. The lowest BCUT2D eigenvalue weighted by molar-refractivity contribution is -0.0511. The van der Waals surface area contributed by atoms with Gasteiger partial charge in [-0.2, -0.15) is 8.78 Å². The van der Waals surface area contributed by atoms with Crippen LogP contribution in [0.4, 0.5) is 8.78 Å². The first-order valence-electron chi connectivity index (χ1n) is 6.57. The Morgan fingerprint density at radius 2 is 2.20 bits per heavy atom. The smallest absolute Gasteiger partial charge is 0.387 e. The maximum atomic E-state index is 12.5. The third kappa shape index (κ3) is 3.81. The predicted molar refractivity (Wildman–Crippen MR) is 75.4 cm³/mol. The van der Waals surface area contributed by atoms with Gasteiger partial charge in [-0.25, -0.2) is 0 Å². The zero-order chi connectivity index (χ0) is 14.8. The maximum Gasteiger partial charge on any atom is 0.387 e. The van der Waals surface area contributed by atoms with Crippen LogP contribution in [0.15, 0.2) is 18.2 Å². The quantitative estimate of drug-likeness (QED) is 0.925. The minimum Gasteiger partial charge on any atom is -0.434 e. The van der Waals surface area contributed by atoms with E-state index in [9.17, 15) is 8.78 Å². The summed E-state index contributed by atoms with van der Waals surface area (Å²) in [6.45, 7) is 4.55. The average Bonchev–Trinajstić information content (AvgIpc) is 2.34. The summed E-state index contributed by atoms with van der Waals surface area (Å²) in [5.41, 5.74) is 0.649. The molecule has 2 rings (SSSR count). The molecule has 0 spiro atoms. The predicted octanol–water partition coefficient (Wildman–Crippen LogP) is 3.13. The summed E-state index contributed by atoms with van der Waals surface area (Å²) < 4.78 is 29.5. The number of halogens is 3. The number of hydrogen-bond acceptors (Lipinski definition) is 3. The maximum absolute atomic E-state index is 12.5. The standard InChI is InChI=1S/C14H19ClF2N2O/c1-14(2)9-18-5-6-19(14)8-10-7-11(15)3-4-12(10)20-13(16)17/h3-4,7,13,18H,5-6,8-9H2,1-2H3. The molecule has 1 fully saturated rings. The number of alkyl halides is 2. The zero-order valence-corrected chi connectivity index (χ0v) is 12.4. The molecule has 0 atom stereocenters. The fraction of sp³-hybridized carbons (Fsp3) is 0.571. The molecule has 0 aromatic heterocycles. The molecular weight excluding hydrogens is 286 g/mol. The molecule has 0 aliphatic carbocycles. The number of benzene rings is 1. The Hall–Kier alpha value is -0.910. The average molecular weight is 305 g/mol. The Balaban J connectivity index is 2.20. The van der Waals surface area contributed by atoms with Crippen LogP contribution in [0, 0.1) is 0 Å². The van der Waals surface area contributed by atoms with Crippen molar-refractivity contribution in [1.29, 1.82) is 0 Å². The van der Waals surface area contributed by atoms with Crippen LogP contribution in [0.1, 0.15) is 19.4 Å². The summed E-state index contributed by atoms with van der Waals surface area (Å²) in [7, 11) is 0. The molecule has 1 heterocycles. The molecule has 0 bridgehead atoms. The lowest BCUT2D eigenvalue weighted by Crippen LogP contribution is -2.57. The van der Waals surface area contributed by atoms with E-state index >= 15 is 0 Å². The number of piperazine rings is 1. The van der Waals surface area contributed by atoms with Gasteiger partial charge in [0.05, 0.1) is 0 Å². The van der Waals surface area contributed by atoms with Crippen LogP contribution >= 0.6 is 11.6 Å². The third-order valence-electron chi connectivity index (χ3n) is 3.57. The largest absolute Gasteiger partial charge is 0.434 e. The highest BCUT2D eigenvalue weighted by atomic mass is 35.5. The molecule has 6 heteroatoms. The molecule has 1 N–H and O–H groups in total. The van der Waals surface area contributed by atoms with Gasteiger partial charge < -0.3 is 10.1 Å². The highest BCUT2D eigenvalue weighted by Crippen LogP contribution is 2.28. The van der Waals surface area contributed by atoms with Crippen LogP contribution in [0.25, 0.3) is 0 Å². The molecular formula is C14H19ClF2N2O. The van der Waals surface area contributed by atoms with Gasteiger partial charge in [0.1, 0.15) is 5.75 Å². The number of ether oxygens (including phenoxy) is 1. The molecule has 1 aromatic carbocycles. The molecule has 20 heavy (non-hydrogen) atoms. The summed E-state index contributed by atoms with van der Waals surface area (Å²) in [6.07, 6.45) is 0. The van der Waals surface area contributed by atoms with E-state index in [4.69, 9.17) is 11.6 Å². The van der Waals surface area contributed by atoms with Crippen molar-refractivity contribution in [3.8, 4) is 5.75 Å². The van der Waals surface area contributed by atoms with Crippen LogP contribution < -0.4 is 10.1 Å². The Bertz CT molecular complexity index is 468. The van der Waals surface area contributed by atoms with E-state index in [1.165, 1.54) is 6.07 Å². The highest BCUT2D eigenvalue weighted by molar-refractivity contribution is 6.30. The minimum atomic E-state index is -2.83. The van der Waals surface area contributed by atoms with E-state index in [1.54, 1.807) is 12.1 Å². The lowest BCUT2D eigenvalue weighted by atomic mass is 9.99. The zero-order valence-electron chi connectivity index (χ0n) is 11.6. The number of hydrogen-bond donors (Lipinski definition) is 1. The summed E-state index contributed by atoms with van der Waals surface area (Å²) in [5, 5.41) is 3.85. The van der Waals surface area contributed by atoms with Crippen LogP contribution in [-0.4, -0.2) is 36.7 Å². The number of rotatable bonds is 4. The molecule has 0 saturated carbocycles. The molecule has 1 saturated heterocycles. The van der Waals surface area contributed by atoms with Gasteiger partial charge in [-0.1, -0.05) is 11.6 Å². The SMILES string of the molecule is CC1(C)CNCCN1Cc1cc(Cl)ccc1OC(F)F. The molecule has 0 unspecified atom stereocenters. The summed E-state index contributed by atoms with van der Waals surface area (Å²) >= 11 is 5.97. The fourth-order valence-electron chi connectivity index (χ4n) is 2.40. The molecule has 0 amide bonds. The van der Waals surface area contributed by atoms with Crippen LogP contribution in [0.3, 0.4) is 0 Å². The first-order valence-corrected chi connectivity index (χ1v) is 6.95. The fourth-order valence-corrected chi connectivity index (χ4v) is 2.60. The van der Waals surface area contributed by atoms with Crippen LogP contribution in [-0.2, 0) is 6.54 Å². The van der Waals surface area contributed by atoms with E-state index in [-0.39, 0.29) is 11.3 Å². The van der Waals surface area contributed by atoms with Crippen molar-refractivity contribution in [2.75, 3.05) is 19.6 Å². The summed E-state index contributed by atoms with van der Waals surface area (Å²) in [5.74, 6) is 0.193. The van der Waals surface area contributed by atoms with Crippen molar-refractivity contribution in [2.24, 2.45) is 0 Å². The second-order valence-electron chi connectivity index (χ2n) is 5.54. The third-order valence-corrected chi connectivity index (χ3v) is 3.81. The van der Waals surface area contributed by atoms with Gasteiger partial charge in [-0.3, -0.25) is 4.90 Å². The summed E-state index contributed by atoms with van der Waals surface area (Å²) in [6, 6.07) is 4.75. The van der Waals surface area contributed by atoms with Crippen LogP contribution in [0.5, 0.6) is 5.75 Å². The van der Waals surface area contributed by atoms with Crippen molar-refractivity contribution in [1.82, 2.24) is 10.2 Å². The van der Waals surface area contributed by atoms with E-state index in [0.29, 0.717) is 17.1 Å². The van der Waals surface area contributed by atoms with Gasteiger partial charge in [0, 0.05) is 42.3 Å². The normalized spacial score (nSPS) is 19.3. The number of nitrogens with zero attached hydrogens (tertiary/aromatic N) is 1. The van der Waals surface area contributed by atoms with Crippen molar-refractivity contribution in [3.63, 3.8) is 0 Å². The van der Waals surface area contributed by atoms with Gasteiger partial charge in [-0.15, -0.1) is 0 Å². The first-order chi connectivity index (χ1) is 9.38. The Kier molecular flexibility index (Phi) is 4.83. The van der Waals surface area contributed by atoms with Crippen LogP contribution in [0.2, 0.25) is 5.02 Å². The van der Waals surface area contributed by atoms with Gasteiger partial charge >= 0.3 is 6.61 Å². The molecule has 0 radical (unpaired) electrons. The second kappa shape index (κ2) is 6.24. The first kappa shape index (κ1) is 15.5. The van der Waals surface area contributed by atoms with E-state index in [2.05, 4.69) is 28.8 Å². The molecule has 1 aliphatic heterocycles. The van der Waals surface area contributed by atoms with Crippen molar-refractivity contribution in [2.45, 2.75) is 32.5 Å².